The Kier molecular flexibility index (Phi) is 3.20. The first-order valence-corrected chi connectivity index (χ1v) is 5.12. The second kappa shape index (κ2) is 4.80. The van der Waals surface area contributed by atoms with E-state index in [4.69, 9.17) is 11.6 Å². The van der Waals surface area contributed by atoms with Crippen LogP contribution in [0.2, 0.25) is 5.15 Å². The normalized spacial score (nSPS) is 9.94. The minimum Gasteiger partial charge on any atom is -0.508 e. The molecule has 0 saturated heterocycles. The zero-order chi connectivity index (χ0) is 12.3. The van der Waals surface area contributed by atoms with Gasteiger partial charge < -0.3 is 5.11 Å². The summed E-state index contributed by atoms with van der Waals surface area (Å²) in [4.78, 5) is 19.4. The van der Waals surface area contributed by atoms with Crippen LogP contribution >= 0.6 is 11.6 Å². The van der Waals surface area contributed by atoms with Gasteiger partial charge >= 0.3 is 0 Å². The summed E-state index contributed by atoms with van der Waals surface area (Å²) in [6.07, 6.45) is 1.44. The van der Waals surface area contributed by atoms with Gasteiger partial charge in [-0.1, -0.05) is 17.7 Å². The summed E-state index contributed by atoms with van der Waals surface area (Å²) >= 11 is 5.66. The number of phenolic OH excluding ortho intramolecular Hbond substituents is 1. The van der Waals surface area contributed by atoms with Gasteiger partial charge in [0.05, 0.1) is 0 Å². The molecule has 0 spiro atoms. The number of carbonyl (C=O) groups is 1. The predicted molar refractivity (Wildman–Crippen MR) is 63.1 cm³/mol. The monoisotopic (exact) mass is 249 g/mol. The second-order valence-electron chi connectivity index (χ2n) is 3.21. The molecule has 2 N–H and O–H groups in total. The summed E-state index contributed by atoms with van der Waals surface area (Å²) in [5.74, 6) is -0.279. The molecular formula is C11H8ClN3O2. The highest BCUT2D eigenvalue weighted by molar-refractivity contribution is 6.29. The average Bonchev–Trinajstić information content (AvgIpc) is 2.29. The smallest absolute Gasteiger partial charge is 0.258 e. The van der Waals surface area contributed by atoms with E-state index in [1.807, 2.05) is 0 Å². The van der Waals surface area contributed by atoms with Crippen molar-refractivity contribution in [2.75, 3.05) is 5.32 Å². The number of amides is 1. The van der Waals surface area contributed by atoms with Crippen molar-refractivity contribution in [2.24, 2.45) is 0 Å². The van der Waals surface area contributed by atoms with Crippen molar-refractivity contribution in [3.8, 4) is 5.75 Å². The van der Waals surface area contributed by atoms with Gasteiger partial charge in [-0.2, -0.15) is 0 Å². The third-order valence-corrected chi connectivity index (χ3v) is 2.17. The van der Waals surface area contributed by atoms with E-state index in [2.05, 4.69) is 15.3 Å². The number of nitrogens with zero attached hydrogens (tertiary/aromatic N) is 2. The first kappa shape index (κ1) is 11.3. The van der Waals surface area contributed by atoms with Crippen molar-refractivity contribution >= 4 is 23.5 Å². The third-order valence-electron chi connectivity index (χ3n) is 1.96. The Balaban J connectivity index is 2.17. The first-order valence-electron chi connectivity index (χ1n) is 4.74. The van der Waals surface area contributed by atoms with Crippen LogP contribution in [0.3, 0.4) is 0 Å². The molecule has 1 heterocycles. The van der Waals surface area contributed by atoms with Gasteiger partial charge in [-0.05, 0) is 24.3 Å². The van der Waals surface area contributed by atoms with Gasteiger partial charge in [-0.25, -0.2) is 9.97 Å². The van der Waals surface area contributed by atoms with Crippen LogP contribution < -0.4 is 5.32 Å². The minimum atomic E-state index is -0.414. The molecule has 0 fully saturated rings. The topological polar surface area (TPSA) is 75.1 Å². The maximum atomic E-state index is 11.7. The Morgan fingerprint density at radius 2 is 2.18 bits per heavy atom. The summed E-state index contributed by atoms with van der Waals surface area (Å²) in [5, 5.41) is 12.0. The highest BCUT2D eigenvalue weighted by Gasteiger charge is 2.08. The molecule has 0 saturated carbocycles. The van der Waals surface area contributed by atoms with Crippen molar-refractivity contribution in [1.82, 2.24) is 9.97 Å². The lowest BCUT2D eigenvalue weighted by Gasteiger charge is -2.03. The third kappa shape index (κ3) is 2.92. The van der Waals surface area contributed by atoms with E-state index in [0.717, 1.165) is 0 Å². The van der Waals surface area contributed by atoms with Crippen LogP contribution in [-0.2, 0) is 0 Å². The fraction of sp³-hybridized carbons (Fsp3) is 0. The number of nitrogens with one attached hydrogen (secondary N) is 1. The van der Waals surface area contributed by atoms with Crippen LogP contribution in [0, 0.1) is 0 Å². The average molecular weight is 250 g/mol. The summed E-state index contributed by atoms with van der Waals surface area (Å²) in [6.45, 7) is 0. The van der Waals surface area contributed by atoms with Gasteiger partial charge in [-0.3, -0.25) is 10.1 Å². The van der Waals surface area contributed by atoms with Crippen LogP contribution in [0.4, 0.5) is 5.95 Å². The van der Waals surface area contributed by atoms with Crippen molar-refractivity contribution in [2.45, 2.75) is 0 Å². The molecule has 2 rings (SSSR count). The summed E-state index contributed by atoms with van der Waals surface area (Å²) < 4.78 is 0. The van der Waals surface area contributed by atoms with Crippen LogP contribution in [0.15, 0.2) is 36.5 Å². The van der Waals surface area contributed by atoms with Crippen molar-refractivity contribution < 1.29 is 9.90 Å². The Bertz CT molecular complexity index is 560. The standard InChI is InChI=1S/C11H8ClN3O2/c12-9-4-5-13-11(14-9)15-10(17)7-2-1-3-8(16)6-7/h1-6,16H,(H,13,14,15,17). The lowest BCUT2D eigenvalue weighted by Crippen LogP contribution is -2.13. The number of aromatic hydroxyl groups is 1. The molecule has 1 aromatic heterocycles. The van der Waals surface area contributed by atoms with Crippen LogP contribution in [0.5, 0.6) is 5.75 Å². The molecule has 86 valence electrons. The van der Waals surface area contributed by atoms with Gasteiger partial charge in [0.25, 0.3) is 5.91 Å². The molecule has 0 atom stereocenters. The molecule has 0 aliphatic rings. The molecular weight excluding hydrogens is 242 g/mol. The first-order chi connectivity index (χ1) is 8.15. The minimum absolute atomic E-state index is 0.0182. The maximum absolute atomic E-state index is 11.7. The number of hydrogen-bond acceptors (Lipinski definition) is 4. The molecule has 1 aromatic carbocycles. The van der Waals surface area contributed by atoms with E-state index in [-0.39, 0.29) is 16.9 Å². The van der Waals surface area contributed by atoms with Gasteiger partial charge in [0, 0.05) is 11.8 Å². The predicted octanol–water partition coefficient (Wildman–Crippen LogP) is 2.09. The number of halogens is 1. The SMILES string of the molecule is O=C(Nc1nccc(Cl)n1)c1cccc(O)c1. The highest BCUT2D eigenvalue weighted by atomic mass is 35.5. The van der Waals surface area contributed by atoms with E-state index < -0.39 is 5.91 Å². The molecule has 0 unspecified atom stereocenters. The molecule has 17 heavy (non-hydrogen) atoms. The van der Waals surface area contributed by atoms with E-state index in [9.17, 15) is 9.90 Å². The molecule has 6 heteroatoms. The zero-order valence-electron chi connectivity index (χ0n) is 8.59. The van der Waals surface area contributed by atoms with Gasteiger partial charge in [0.2, 0.25) is 5.95 Å². The van der Waals surface area contributed by atoms with Gasteiger partial charge in [0.15, 0.2) is 0 Å². The number of hydrogen-bond donors (Lipinski definition) is 2. The van der Waals surface area contributed by atoms with E-state index in [1.165, 1.54) is 24.4 Å². The van der Waals surface area contributed by atoms with Crippen molar-refractivity contribution in [3.05, 3.63) is 47.2 Å². The number of phenols is 1. The van der Waals surface area contributed by atoms with Crippen LogP contribution in [-0.4, -0.2) is 21.0 Å². The molecule has 0 aliphatic heterocycles. The fourth-order valence-electron chi connectivity index (χ4n) is 1.22. The Morgan fingerprint density at radius 3 is 2.88 bits per heavy atom. The number of rotatable bonds is 2. The van der Waals surface area contributed by atoms with Gasteiger partial charge in [-0.15, -0.1) is 0 Å². The second-order valence-corrected chi connectivity index (χ2v) is 3.59. The highest BCUT2D eigenvalue weighted by Crippen LogP contribution is 2.12. The maximum Gasteiger partial charge on any atom is 0.258 e. The quantitative estimate of drug-likeness (QED) is 0.799. The Morgan fingerprint density at radius 1 is 1.35 bits per heavy atom. The van der Waals surface area contributed by atoms with Crippen molar-refractivity contribution in [1.29, 1.82) is 0 Å². The Labute approximate surface area is 102 Å². The summed E-state index contributed by atoms with van der Waals surface area (Å²) in [7, 11) is 0. The summed E-state index contributed by atoms with van der Waals surface area (Å²) in [6, 6.07) is 7.47. The van der Waals surface area contributed by atoms with E-state index >= 15 is 0 Å². The molecule has 0 radical (unpaired) electrons. The zero-order valence-corrected chi connectivity index (χ0v) is 9.35. The molecule has 5 nitrogen and oxygen atoms in total. The van der Waals surface area contributed by atoms with Crippen LogP contribution in [0.1, 0.15) is 10.4 Å². The van der Waals surface area contributed by atoms with E-state index in [1.54, 1.807) is 12.1 Å². The fourth-order valence-corrected chi connectivity index (χ4v) is 1.35. The van der Waals surface area contributed by atoms with E-state index in [0.29, 0.717) is 5.56 Å². The van der Waals surface area contributed by atoms with Gasteiger partial charge in [0.1, 0.15) is 10.9 Å². The molecule has 1 amide bonds. The molecule has 2 aromatic rings. The lowest BCUT2D eigenvalue weighted by molar-refractivity contribution is 0.102. The van der Waals surface area contributed by atoms with Crippen molar-refractivity contribution in [3.63, 3.8) is 0 Å². The summed E-state index contributed by atoms with van der Waals surface area (Å²) in [5.41, 5.74) is 0.313. The number of anilines is 1. The largest absolute Gasteiger partial charge is 0.508 e. The lowest BCUT2D eigenvalue weighted by atomic mass is 10.2. The number of benzene rings is 1. The molecule has 0 aliphatic carbocycles. The Hall–Kier alpha value is -2.14. The number of aromatic nitrogens is 2. The molecule has 0 bridgehead atoms. The van der Waals surface area contributed by atoms with Crippen LogP contribution in [0.25, 0.3) is 0 Å². The number of carbonyl (C=O) groups excluding carboxylic acids is 1.